The highest BCUT2D eigenvalue weighted by Crippen LogP contribution is 2.59. The van der Waals surface area contributed by atoms with E-state index < -0.39 is 0 Å². The van der Waals surface area contributed by atoms with Crippen LogP contribution in [0.25, 0.3) is 22.3 Å². The van der Waals surface area contributed by atoms with Crippen molar-refractivity contribution in [2.45, 2.75) is 64.2 Å². The fourth-order valence-corrected chi connectivity index (χ4v) is 9.96. The molecule has 0 N–H and O–H groups in total. The molecule has 3 aromatic rings. The first-order valence-corrected chi connectivity index (χ1v) is 15.4. The van der Waals surface area contributed by atoms with Crippen LogP contribution in [0.2, 0.25) is 0 Å². The van der Waals surface area contributed by atoms with Crippen molar-refractivity contribution in [1.29, 1.82) is 0 Å². The minimum Gasteiger partial charge on any atom is -0.129 e. The zero-order valence-electron chi connectivity index (χ0n) is 21.5. The van der Waals surface area contributed by atoms with Crippen LogP contribution in [0.4, 0.5) is 0 Å². The van der Waals surface area contributed by atoms with Gasteiger partial charge in [-0.3, -0.25) is 0 Å². The molecule has 4 aliphatic carbocycles. The third-order valence-electron chi connectivity index (χ3n) is 9.18. The summed E-state index contributed by atoms with van der Waals surface area (Å²) in [4.78, 5) is 0. The van der Waals surface area contributed by atoms with Gasteiger partial charge in [0.2, 0.25) is 0 Å². The first-order valence-electron chi connectivity index (χ1n) is 13.7. The van der Waals surface area contributed by atoms with Crippen LogP contribution < -0.4 is 5.30 Å². The Hall–Kier alpha value is -1.48. The summed E-state index contributed by atoms with van der Waals surface area (Å²) in [6.45, 7) is 7.19. The number of hydrogen-bond acceptors (Lipinski definition) is 0. The molecule has 182 valence electrons. The van der Waals surface area contributed by atoms with Crippen molar-refractivity contribution in [1.82, 2.24) is 0 Å². The highest BCUT2D eigenvalue weighted by Gasteiger charge is 2.48. The average molecular weight is 499 g/mol. The van der Waals surface area contributed by atoms with Gasteiger partial charge in [0, 0.05) is 5.66 Å². The predicted molar refractivity (Wildman–Crippen MR) is 158 cm³/mol. The van der Waals surface area contributed by atoms with Gasteiger partial charge in [-0.15, -0.1) is 9.24 Å². The van der Waals surface area contributed by atoms with E-state index in [9.17, 15) is 0 Å². The third kappa shape index (κ3) is 4.67. The lowest BCUT2D eigenvalue weighted by atomic mass is 9.56. The molecule has 0 spiro atoms. The van der Waals surface area contributed by atoms with Gasteiger partial charge in [0.05, 0.1) is 0 Å². The molecule has 4 fully saturated rings. The highest BCUT2D eigenvalue weighted by atomic mass is 31.1. The van der Waals surface area contributed by atoms with Crippen LogP contribution in [-0.4, -0.2) is 5.66 Å². The van der Waals surface area contributed by atoms with E-state index in [1.54, 1.807) is 10.9 Å². The second kappa shape index (κ2) is 9.43. The molecule has 4 saturated carbocycles. The Kier molecular flexibility index (Phi) is 6.44. The Morgan fingerprint density at radius 2 is 1.20 bits per heavy atom. The zero-order chi connectivity index (χ0) is 24.2. The molecule has 0 heterocycles. The molecule has 35 heavy (non-hydrogen) atoms. The lowest BCUT2D eigenvalue weighted by Gasteiger charge is -2.54. The van der Waals surface area contributed by atoms with Crippen LogP contribution in [0.3, 0.4) is 0 Å². The van der Waals surface area contributed by atoms with Crippen LogP contribution in [0, 0.1) is 29.1 Å². The summed E-state index contributed by atoms with van der Waals surface area (Å²) in [6.07, 6.45) is 7.58. The Morgan fingerprint density at radius 1 is 0.714 bits per heavy atom. The second-order valence-electron chi connectivity index (χ2n) is 12.7. The van der Waals surface area contributed by atoms with Crippen LogP contribution in [0.1, 0.15) is 64.1 Å². The maximum absolute atomic E-state index is 3.24. The first-order chi connectivity index (χ1) is 16.9. The smallest absolute Gasteiger partial charge is 0.00402 e. The molecule has 0 radical (unpaired) electrons. The summed E-state index contributed by atoms with van der Waals surface area (Å²) in [6, 6.07) is 27.3. The van der Waals surface area contributed by atoms with Gasteiger partial charge in [0.15, 0.2) is 0 Å². The second-order valence-corrected chi connectivity index (χ2v) is 14.8. The summed E-state index contributed by atoms with van der Waals surface area (Å²) >= 11 is 0. The van der Waals surface area contributed by atoms with E-state index in [1.165, 1.54) is 54.4 Å². The van der Waals surface area contributed by atoms with Gasteiger partial charge >= 0.3 is 0 Å². The van der Waals surface area contributed by atoms with Gasteiger partial charge in [-0.25, -0.2) is 0 Å². The van der Waals surface area contributed by atoms with Crippen molar-refractivity contribution < 1.29 is 0 Å². The molecule has 7 rings (SSSR count). The monoisotopic (exact) mass is 498 g/mol. The van der Waals surface area contributed by atoms with Crippen molar-refractivity contribution in [3.63, 3.8) is 0 Å². The van der Waals surface area contributed by atoms with E-state index in [0.717, 1.165) is 37.9 Å². The van der Waals surface area contributed by atoms with Crippen molar-refractivity contribution in [3.05, 3.63) is 78.4 Å². The van der Waals surface area contributed by atoms with Crippen LogP contribution in [0.15, 0.2) is 72.8 Å². The molecular formula is C33H40P2. The van der Waals surface area contributed by atoms with Gasteiger partial charge in [0.1, 0.15) is 0 Å². The minimum atomic E-state index is 0.205. The highest BCUT2D eigenvalue weighted by molar-refractivity contribution is 7.48. The first kappa shape index (κ1) is 23.9. The molecule has 2 heteroatoms. The largest absolute Gasteiger partial charge is 0.129 e. The zero-order valence-corrected chi connectivity index (χ0v) is 23.7. The van der Waals surface area contributed by atoms with E-state index in [-0.39, 0.29) is 5.41 Å². The van der Waals surface area contributed by atoms with Crippen molar-refractivity contribution in [3.8, 4) is 22.3 Å². The molecule has 0 amide bonds. The molecule has 0 aromatic heterocycles. The predicted octanol–water partition coefficient (Wildman–Crippen LogP) is 9.11. The number of benzene rings is 3. The number of hydrogen-bond donors (Lipinski definition) is 0. The van der Waals surface area contributed by atoms with E-state index in [0.29, 0.717) is 5.66 Å². The number of rotatable bonds is 5. The van der Waals surface area contributed by atoms with E-state index >= 15 is 0 Å². The summed E-state index contributed by atoms with van der Waals surface area (Å²) in [5.41, 5.74) is 8.55. The fraction of sp³-hybridized carbons (Fsp3) is 0.455. The van der Waals surface area contributed by atoms with Gasteiger partial charge < -0.3 is 0 Å². The SMILES string of the molecule is CC(C)(C)C(P)c1cc(-c2ccccc2)c(-c2ccccc2)cc1PC1C2CC3CC(C2)CC1C3. The van der Waals surface area contributed by atoms with E-state index in [4.69, 9.17) is 0 Å². The van der Waals surface area contributed by atoms with Crippen molar-refractivity contribution >= 4 is 23.1 Å². The summed E-state index contributed by atoms with van der Waals surface area (Å²) in [7, 11) is 4.17. The molecule has 0 aliphatic heterocycles. The molecule has 0 nitrogen and oxygen atoms in total. The van der Waals surface area contributed by atoms with Gasteiger partial charge in [0.25, 0.3) is 0 Å². The molecule has 0 saturated heterocycles. The Morgan fingerprint density at radius 3 is 1.69 bits per heavy atom. The minimum absolute atomic E-state index is 0.205. The van der Waals surface area contributed by atoms with Crippen LogP contribution in [0.5, 0.6) is 0 Å². The molecule has 3 aromatic carbocycles. The molecule has 4 bridgehead atoms. The molecule has 3 atom stereocenters. The normalized spacial score (nSPS) is 28.6. The van der Waals surface area contributed by atoms with Crippen LogP contribution in [-0.2, 0) is 0 Å². The average Bonchev–Trinajstić information content (AvgIpc) is 2.85. The molecule has 4 aliphatic rings. The maximum Gasteiger partial charge on any atom is 0.00402 e. The van der Waals surface area contributed by atoms with E-state index in [1.807, 2.05) is 0 Å². The summed E-state index contributed by atoms with van der Waals surface area (Å²) in [5, 5.41) is 1.64. The molecular weight excluding hydrogens is 458 g/mol. The van der Waals surface area contributed by atoms with Gasteiger partial charge in [-0.1, -0.05) is 90.0 Å². The van der Waals surface area contributed by atoms with Crippen molar-refractivity contribution in [2.24, 2.45) is 29.1 Å². The lowest BCUT2D eigenvalue weighted by Crippen LogP contribution is -2.47. The Bertz CT molecular complexity index is 1150. The fourth-order valence-electron chi connectivity index (χ4n) is 7.52. The Labute approximate surface area is 216 Å². The topological polar surface area (TPSA) is 0 Å². The molecule has 3 unspecified atom stereocenters. The lowest BCUT2D eigenvalue weighted by molar-refractivity contribution is 0.0259. The van der Waals surface area contributed by atoms with Crippen LogP contribution >= 0.6 is 17.8 Å². The van der Waals surface area contributed by atoms with Gasteiger partial charge in [-0.2, -0.15) is 0 Å². The summed E-state index contributed by atoms with van der Waals surface area (Å²) in [5.74, 6) is 4.04. The van der Waals surface area contributed by atoms with Crippen molar-refractivity contribution in [2.75, 3.05) is 0 Å². The Balaban J connectivity index is 1.49. The maximum atomic E-state index is 3.24. The third-order valence-corrected chi connectivity index (χ3v) is 12.6. The van der Waals surface area contributed by atoms with E-state index in [2.05, 4.69) is 103 Å². The van der Waals surface area contributed by atoms with Gasteiger partial charge in [-0.05, 0) is 112 Å². The standard InChI is InChI=1S/C33H40P2/c1-33(2,3)32(34)29-19-27(23-10-6-4-7-11-23)28(24-12-8-5-9-13-24)20-30(29)35-31-25-15-21-14-22(17-25)18-26(31)16-21/h4-13,19-22,25-26,31-32,35H,14-18,34H2,1-3H3. The summed E-state index contributed by atoms with van der Waals surface area (Å²) < 4.78 is 0. The quantitative estimate of drug-likeness (QED) is 0.308.